The lowest BCUT2D eigenvalue weighted by molar-refractivity contribution is -0.137. The van der Waals surface area contributed by atoms with Crippen molar-refractivity contribution >= 4 is 12.0 Å². The number of carboxylic acids is 1. The molecular weight excluding hydrogens is 258 g/mol. The Morgan fingerprint density at radius 2 is 1.75 bits per heavy atom. The molecule has 6 nitrogen and oxygen atoms in total. The van der Waals surface area contributed by atoms with Crippen LogP contribution in [0.2, 0.25) is 0 Å². The average molecular weight is 287 g/mol. The van der Waals surface area contributed by atoms with Crippen LogP contribution in [0.1, 0.15) is 39.5 Å². The van der Waals surface area contributed by atoms with Crippen molar-refractivity contribution in [2.75, 3.05) is 33.7 Å². The number of hydrogen-bond donors (Lipinski definition) is 2. The third-order valence-electron chi connectivity index (χ3n) is 2.98. The van der Waals surface area contributed by atoms with Gasteiger partial charge in [-0.1, -0.05) is 20.3 Å². The van der Waals surface area contributed by atoms with Crippen molar-refractivity contribution in [3.8, 4) is 0 Å². The minimum atomic E-state index is -0.876. The lowest BCUT2D eigenvalue weighted by Gasteiger charge is -2.26. The van der Waals surface area contributed by atoms with Crippen molar-refractivity contribution in [1.82, 2.24) is 15.1 Å². The van der Waals surface area contributed by atoms with Gasteiger partial charge in [0, 0.05) is 25.7 Å². The van der Waals surface area contributed by atoms with E-state index in [0.29, 0.717) is 19.5 Å². The molecule has 2 amide bonds. The lowest BCUT2D eigenvalue weighted by Crippen LogP contribution is -2.47. The summed E-state index contributed by atoms with van der Waals surface area (Å²) in [6.45, 7) is 6.14. The van der Waals surface area contributed by atoms with E-state index >= 15 is 0 Å². The molecule has 0 aromatic rings. The van der Waals surface area contributed by atoms with Crippen molar-refractivity contribution in [2.45, 2.75) is 45.6 Å². The molecule has 0 aliphatic carbocycles. The number of carbonyl (C=O) groups is 2. The molecule has 20 heavy (non-hydrogen) atoms. The monoisotopic (exact) mass is 287 g/mol. The van der Waals surface area contributed by atoms with Crippen molar-refractivity contribution in [3.05, 3.63) is 0 Å². The normalized spacial score (nSPS) is 12.2. The summed E-state index contributed by atoms with van der Waals surface area (Å²) in [5, 5.41) is 11.7. The third-order valence-corrected chi connectivity index (χ3v) is 2.98. The Hall–Kier alpha value is -1.30. The number of rotatable bonds is 10. The number of nitrogens with zero attached hydrogens (tertiary/aromatic N) is 2. The molecule has 0 fully saturated rings. The Morgan fingerprint density at radius 3 is 2.20 bits per heavy atom. The highest BCUT2D eigenvalue weighted by Crippen LogP contribution is 2.04. The highest BCUT2D eigenvalue weighted by Gasteiger charge is 2.19. The number of likely N-dealkylation sites (N-methyl/N-ethyl adjacent to an activating group) is 1. The van der Waals surface area contributed by atoms with Crippen LogP contribution >= 0.6 is 0 Å². The van der Waals surface area contributed by atoms with E-state index in [1.54, 1.807) is 4.90 Å². The molecule has 0 bridgehead atoms. The molecule has 0 aromatic heterocycles. The van der Waals surface area contributed by atoms with Crippen LogP contribution in [0, 0.1) is 0 Å². The molecule has 0 radical (unpaired) electrons. The van der Waals surface area contributed by atoms with Gasteiger partial charge >= 0.3 is 12.0 Å². The van der Waals surface area contributed by atoms with Gasteiger partial charge in [0.15, 0.2) is 0 Å². The number of nitrogens with one attached hydrogen (secondary N) is 1. The van der Waals surface area contributed by atoms with Crippen molar-refractivity contribution < 1.29 is 14.7 Å². The van der Waals surface area contributed by atoms with Gasteiger partial charge in [0.25, 0.3) is 0 Å². The molecule has 0 saturated heterocycles. The largest absolute Gasteiger partial charge is 0.481 e. The second-order valence-electron chi connectivity index (χ2n) is 5.32. The average Bonchev–Trinajstić information content (AvgIpc) is 2.33. The number of amides is 2. The van der Waals surface area contributed by atoms with E-state index in [-0.39, 0.29) is 18.5 Å². The van der Waals surface area contributed by atoms with E-state index < -0.39 is 5.97 Å². The standard InChI is InChI=1S/C14H29N3O3/c1-5-7-12(11-13(18)19)15-14(20)17(8-6-2)10-9-16(3)4/h12H,5-11H2,1-4H3,(H,15,20)(H,18,19). The first-order valence-electron chi connectivity index (χ1n) is 7.32. The van der Waals surface area contributed by atoms with Crippen molar-refractivity contribution in [1.29, 1.82) is 0 Å². The Bertz CT molecular complexity index is 295. The summed E-state index contributed by atoms with van der Waals surface area (Å²) in [6, 6.07) is -0.447. The van der Waals surface area contributed by atoms with Gasteiger partial charge in [-0.25, -0.2) is 4.79 Å². The quantitative estimate of drug-likeness (QED) is 0.640. The zero-order valence-electron chi connectivity index (χ0n) is 13.2. The predicted molar refractivity (Wildman–Crippen MR) is 79.9 cm³/mol. The number of urea groups is 1. The maximum Gasteiger partial charge on any atom is 0.317 e. The smallest absolute Gasteiger partial charge is 0.317 e. The SMILES string of the molecule is CCCC(CC(=O)O)NC(=O)N(CCC)CCN(C)C. The molecule has 0 spiro atoms. The molecule has 1 atom stereocenters. The van der Waals surface area contributed by atoms with Crippen LogP contribution in [-0.4, -0.2) is 66.7 Å². The number of aliphatic carboxylic acids is 1. The zero-order valence-corrected chi connectivity index (χ0v) is 13.2. The van der Waals surface area contributed by atoms with Crippen LogP contribution in [-0.2, 0) is 4.79 Å². The van der Waals surface area contributed by atoms with Crippen LogP contribution in [0.5, 0.6) is 0 Å². The van der Waals surface area contributed by atoms with E-state index in [4.69, 9.17) is 5.11 Å². The Labute approximate surface area is 122 Å². The van der Waals surface area contributed by atoms with Gasteiger partial charge in [-0.2, -0.15) is 0 Å². The molecular formula is C14H29N3O3. The van der Waals surface area contributed by atoms with Gasteiger partial charge in [-0.3, -0.25) is 4.79 Å². The van der Waals surface area contributed by atoms with E-state index in [2.05, 4.69) is 5.32 Å². The summed E-state index contributed by atoms with van der Waals surface area (Å²) in [5.41, 5.74) is 0. The van der Waals surface area contributed by atoms with Gasteiger partial charge in [0.05, 0.1) is 6.42 Å². The fourth-order valence-corrected chi connectivity index (χ4v) is 1.96. The maximum atomic E-state index is 12.2. The molecule has 0 saturated carbocycles. The summed E-state index contributed by atoms with van der Waals surface area (Å²) in [5.74, 6) is -0.876. The van der Waals surface area contributed by atoms with Gasteiger partial charge in [0.1, 0.15) is 0 Å². The van der Waals surface area contributed by atoms with E-state index in [1.165, 1.54) is 0 Å². The van der Waals surface area contributed by atoms with Crippen LogP contribution in [0.4, 0.5) is 4.79 Å². The minimum absolute atomic E-state index is 0.0206. The fourth-order valence-electron chi connectivity index (χ4n) is 1.96. The molecule has 0 aliphatic rings. The maximum absolute atomic E-state index is 12.2. The van der Waals surface area contributed by atoms with E-state index in [1.807, 2.05) is 32.8 Å². The van der Waals surface area contributed by atoms with Crippen LogP contribution in [0.15, 0.2) is 0 Å². The lowest BCUT2D eigenvalue weighted by atomic mass is 10.1. The van der Waals surface area contributed by atoms with Gasteiger partial charge in [-0.15, -0.1) is 0 Å². The van der Waals surface area contributed by atoms with E-state index in [9.17, 15) is 9.59 Å². The van der Waals surface area contributed by atoms with Gasteiger partial charge in [0.2, 0.25) is 0 Å². The molecule has 0 aliphatic heterocycles. The topological polar surface area (TPSA) is 72.9 Å². The third kappa shape index (κ3) is 8.74. The Morgan fingerprint density at radius 1 is 1.10 bits per heavy atom. The van der Waals surface area contributed by atoms with Crippen LogP contribution in [0.3, 0.4) is 0 Å². The predicted octanol–water partition coefficient (Wildman–Crippen LogP) is 1.61. The summed E-state index contributed by atoms with van der Waals surface area (Å²) < 4.78 is 0. The Balaban J connectivity index is 4.48. The molecule has 6 heteroatoms. The molecule has 118 valence electrons. The number of carbonyl (C=O) groups excluding carboxylic acids is 1. The summed E-state index contributed by atoms with van der Waals surface area (Å²) in [4.78, 5) is 26.8. The van der Waals surface area contributed by atoms with Crippen molar-refractivity contribution in [3.63, 3.8) is 0 Å². The number of carboxylic acid groups (broad SMARTS) is 1. The molecule has 1 unspecified atom stereocenters. The van der Waals surface area contributed by atoms with Crippen LogP contribution < -0.4 is 5.32 Å². The molecule has 0 heterocycles. The second-order valence-corrected chi connectivity index (χ2v) is 5.32. The summed E-state index contributed by atoms with van der Waals surface area (Å²) in [6.07, 6.45) is 2.40. The molecule has 0 aromatic carbocycles. The highest BCUT2D eigenvalue weighted by atomic mass is 16.4. The highest BCUT2D eigenvalue weighted by molar-refractivity contribution is 5.76. The summed E-state index contributed by atoms with van der Waals surface area (Å²) >= 11 is 0. The fraction of sp³-hybridized carbons (Fsp3) is 0.857. The Kier molecular flexibility index (Phi) is 9.80. The minimum Gasteiger partial charge on any atom is -0.481 e. The molecule has 2 N–H and O–H groups in total. The first-order valence-corrected chi connectivity index (χ1v) is 7.32. The van der Waals surface area contributed by atoms with Gasteiger partial charge < -0.3 is 20.2 Å². The van der Waals surface area contributed by atoms with E-state index in [0.717, 1.165) is 19.4 Å². The zero-order chi connectivity index (χ0) is 15.5. The number of hydrogen-bond acceptors (Lipinski definition) is 3. The summed E-state index contributed by atoms with van der Waals surface area (Å²) in [7, 11) is 3.93. The van der Waals surface area contributed by atoms with Crippen molar-refractivity contribution in [2.24, 2.45) is 0 Å². The first-order chi connectivity index (χ1) is 9.40. The van der Waals surface area contributed by atoms with Crippen LogP contribution in [0.25, 0.3) is 0 Å². The molecule has 0 rings (SSSR count). The van der Waals surface area contributed by atoms with Gasteiger partial charge in [-0.05, 0) is 26.9 Å². The second kappa shape index (κ2) is 10.5. The first kappa shape index (κ1) is 18.7.